The molecule has 2 aliphatic carbocycles. The number of unbranched alkanes of at least 4 members (excludes halogenated alkanes) is 2. The maximum absolute atomic E-state index is 5.04. The normalized spacial score (nSPS) is 21.6. The van der Waals surface area contributed by atoms with Gasteiger partial charge in [0.25, 0.3) is 0 Å². The van der Waals surface area contributed by atoms with Gasteiger partial charge in [0.2, 0.25) is 0 Å². The Bertz CT molecular complexity index is 1460. The van der Waals surface area contributed by atoms with Crippen LogP contribution in [-0.4, -0.2) is 7.63 Å². The molecular weight excluding hydrogens is 496 g/mol. The molecule has 194 valence electrons. The summed E-state index contributed by atoms with van der Waals surface area (Å²) in [5.74, 6) is 0. The van der Waals surface area contributed by atoms with E-state index in [-0.39, 0.29) is 0 Å². The van der Waals surface area contributed by atoms with Gasteiger partial charge in [-0.15, -0.1) is 0 Å². The number of fused-ring (bicyclic) bond motifs is 2. The SMILES string of the molecule is CCC[CH2][Ti]([CH3])(=[SiH2])([CH2]CCC)([c]1ccccc1)([CH]1C(C)=Cc2ccccc21)[CH]1C(C)=Cc2ccccc21. The third-order valence-electron chi connectivity index (χ3n) is 11.8. The Morgan fingerprint density at radius 3 is 1.46 bits per heavy atom. The molecule has 0 aliphatic heterocycles. The molecule has 5 rings (SSSR count). The minimum atomic E-state index is -5.04. The van der Waals surface area contributed by atoms with Crippen LogP contribution in [0.5, 0.6) is 0 Å². The van der Waals surface area contributed by atoms with Crippen LogP contribution >= 0.6 is 0 Å². The molecule has 0 nitrogen and oxygen atoms in total. The Kier molecular flexibility index (Phi) is 5.97. The van der Waals surface area contributed by atoms with Crippen LogP contribution < -0.4 is 3.87 Å². The van der Waals surface area contributed by atoms with Gasteiger partial charge in [-0.25, -0.2) is 0 Å². The molecule has 0 fully saturated rings. The average molecular weight is 543 g/mol. The van der Waals surface area contributed by atoms with Gasteiger partial charge < -0.3 is 0 Å². The fourth-order valence-electron chi connectivity index (χ4n) is 10.6. The van der Waals surface area contributed by atoms with Crippen LogP contribution in [0, 0.1) is 0 Å². The van der Waals surface area contributed by atoms with Crippen LogP contribution in [0.4, 0.5) is 0 Å². The first kappa shape index (κ1) is 26.7. The third-order valence-corrected chi connectivity index (χ3v) is 41.6. The van der Waals surface area contributed by atoms with E-state index in [2.05, 4.69) is 132 Å². The zero-order valence-corrected chi connectivity index (χ0v) is 26.7. The number of benzene rings is 3. The van der Waals surface area contributed by atoms with Crippen molar-refractivity contribution in [1.82, 2.24) is 0 Å². The molecule has 2 atom stereocenters. The Morgan fingerprint density at radius 2 is 1.03 bits per heavy atom. The monoisotopic (exact) mass is 542 g/mol. The van der Waals surface area contributed by atoms with Crippen molar-refractivity contribution in [3.05, 3.63) is 112 Å². The molecule has 2 aliphatic rings. The van der Waals surface area contributed by atoms with Gasteiger partial charge in [-0.05, 0) is 0 Å². The quantitative estimate of drug-likeness (QED) is 0.236. The van der Waals surface area contributed by atoms with Gasteiger partial charge >= 0.3 is 224 Å². The number of rotatable bonds is 9. The number of hydrogen-bond donors (Lipinski definition) is 0. The molecule has 0 radical (unpaired) electrons. The summed E-state index contributed by atoms with van der Waals surface area (Å²) in [5, 5.41) is 2.95. The van der Waals surface area contributed by atoms with Crippen molar-refractivity contribution in [3.8, 4) is 0 Å². The Morgan fingerprint density at radius 1 is 0.622 bits per heavy atom. The van der Waals surface area contributed by atoms with Crippen molar-refractivity contribution in [3.63, 3.8) is 0 Å². The van der Waals surface area contributed by atoms with Crippen LogP contribution in [0.1, 0.15) is 84.1 Å². The van der Waals surface area contributed by atoms with Crippen LogP contribution in [-0.2, 0) is 11.5 Å². The van der Waals surface area contributed by atoms with E-state index in [4.69, 9.17) is 0 Å². The molecule has 0 saturated heterocycles. The van der Waals surface area contributed by atoms with E-state index in [0.717, 1.165) is 0 Å². The van der Waals surface area contributed by atoms with Gasteiger partial charge in [-0.1, -0.05) is 0 Å². The first-order chi connectivity index (χ1) is 17.6. The second-order valence-electron chi connectivity index (χ2n) is 14.3. The topological polar surface area (TPSA) is 0 Å². The van der Waals surface area contributed by atoms with Crippen molar-refractivity contribution in [2.24, 2.45) is 0 Å². The molecule has 2 heteroatoms. The summed E-state index contributed by atoms with van der Waals surface area (Å²) < 4.78 is 5.18. The number of allylic oxidation sites excluding steroid dienone is 2. The fraction of sp³-hybridized carbons (Fsp3) is 0.371. The molecule has 0 amide bonds. The molecule has 0 spiro atoms. The molecule has 0 bridgehead atoms. The van der Waals surface area contributed by atoms with Gasteiger partial charge in [0.15, 0.2) is 0 Å². The second kappa shape index (κ2) is 8.28. The van der Waals surface area contributed by atoms with E-state index < -0.39 is 11.5 Å². The van der Waals surface area contributed by atoms with Crippen molar-refractivity contribution in [2.75, 3.05) is 0 Å². The molecule has 0 heterocycles. The first-order valence-corrected chi connectivity index (χ1v) is 25.1. The van der Waals surface area contributed by atoms with Gasteiger partial charge in [-0.2, -0.15) is 0 Å². The predicted octanol–water partition coefficient (Wildman–Crippen LogP) is 9.42. The predicted molar refractivity (Wildman–Crippen MR) is 166 cm³/mol. The van der Waals surface area contributed by atoms with E-state index in [1.165, 1.54) is 46.3 Å². The Labute approximate surface area is 222 Å². The van der Waals surface area contributed by atoms with Crippen molar-refractivity contribution in [2.45, 2.75) is 76.5 Å². The molecule has 0 saturated carbocycles. The summed E-state index contributed by atoms with van der Waals surface area (Å²) in [6.07, 6.45) is 10.1. The average Bonchev–Trinajstić information content (AvgIpc) is 3.45. The van der Waals surface area contributed by atoms with E-state index in [1.54, 1.807) is 26.1 Å². The fourth-order valence-corrected chi connectivity index (χ4v) is 42.0. The van der Waals surface area contributed by atoms with E-state index in [0.29, 0.717) is 8.45 Å². The molecule has 3 aromatic carbocycles. The van der Waals surface area contributed by atoms with Crippen LogP contribution in [0.3, 0.4) is 0 Å². The van der Waals surface area contributed by atoms with Gasteiger partial charge in [0.1, 0.15) is 0 Å². The molecule has 3 aromatic rings. The third kappa shape index (κ3) is 3.24. The van der Waals surface area contributed by atoms with Crippen molar-refractivity contribution < 1.29 is 11.5 Å². The molecule has 0 N–H and O–H groups in total. The van der Waals surface area contributed by atoms with E-state index in [1.807, 2.05) is 0 Å². The molecule has 2 unspecified atom stereocenters. The zero-order valence-electron chi connectivity index (χ0n) is 23.8. The molecular formula is C35H46SiTi. The summed E-state index contributed by atoms with van der Waals surface area (Å²) in [5.41, 5.74) is 9.23. The van der Waals surface area contributed by atoms with Crippen LogP contribution in [0.2, 0.25) is 14.7 Å². The summed E-state index contributed by atoms with van der Waals surface area (Å²) >= 11 is -5.04. The van der Waals surface area contributed by atoms with Crippen LogP contribution in [0.15, 0.2) is 90.0 Å². The van der Waals surface area contributed by atoms with Gasteiger partial charge in [-0.3, -0.25) is 0 Å². The summed E-state index contributed by atoms with van der Waals surface area (Å²) in [6, 6.07) is 30.8. The summed E-state index contributed by atoms with van der Waals surface area (Å²) in [4.78, 5) is 0. The number of hydrogen-bond acceptors (Lipinski definition) is 0. The maximum atomic E-state index is 2.95. The summed E-state index contributed by atoms with van der Waals surface area (Å²) in [7, 11) is 2.59. The van der Waals surface area contributed by atoms with E-state index >= 15 is 0 Å². The van der Waals surface area contributed by atoms with Crippen molar-refractivity contribution >= 4 is 23.7 Å². The Balaban J connectivity index is 2.09. The van der Waals surface area contributed by atoms with Gasteiger partial charge in [0.05, 0.1) is 0 Å². The van der Waals surface area contributed by atoms with E-state index in [9.17, 15) is 0 Å². The van der Waals surface area contributed by atoms with Crippen molar-refractivity contribution in [1.29, 1.82) is 0 Å². The summed E-state index contributed by atoms with van der Waals surface area (Å²) in [6.45, 7) is 9.73. The second-order valence-corrected chi connectivity index (χ2v) is 45.6. The molecule has 0 aromatic heterocycles. The van der Waals surface area contributed by atoms with Crippen LogP contribution in [0.25, 0.3) is 12.2 Å². The zero-order chi connectivity index (χ0) is 26.4. The Hall–Kier alpha value is -1.93. The molecule has 37 heavy (non-hydrogen) atoms. The first-order valence-electron chi connectivity index (χ1n) is 14.7. The standard InChI is InChI=1S/2C10H9.C6H5.2C4H9.CH3.H2Si.Ti/c2*1-8-6-9-4-2-3-5-10(9)7-8;1-2-4-6-5-3-1;2*1-3-4-2;;;/h2*2-7H,1H3;1-5H;2*1,3-4H2,2H3;1H3;1H2;. The minimum absolute atomic E-state index is 0.437. The van der Waals surface area contributed by atoms with Gasteiger partial charge in [0, 0.05) is 0 Å².